The second-order valence-electron chi connectivity index (χ2n) is 11.8. The lowest BCUT2D eigenvalue weighted by Gasteiger charge is -2.23. The van der Waals surface area contributed by atoms with E-state index in [-0.39, 0.29) is 23.7 Å². The molecular weight excluding hydrogens is 528 g/mol. The molecule has 0 saturated carbocycles. The van der Waals surface area contributed by atoms with Gasteiger partial charge in [-0.3, -0.25) is 9.59 Å². The number of amides is 1. The smallest absolute Gasteiger partial charge is 0.339 e. The molecule has 4 aromatic rings. The van der Waals surface area contributed by atoms with Crippen molar-refractivity contribution in [3.8, 4) is 5.75 Å². The Hall–Kier alpha value is -4.78. The number of allylic oxidation sites excluding steroid dienone is 1. The van der Waals surface area contributed by atoms with Crippen LogP contribution in [0.4, 0.5) is 5.69 Å². The normalized spacial score (nSPS) is 15.4. The monoisotopic (exact) mass is 560 g/mol. The summed E-state index contributed by atoms with van der Waals surface area (Å²) in [6.07, 6.45) is 4.58. The Labute approximate surface area is 244 Å². The predicted molar refractivity (Wildman–Crippen MR) is 163 cm³/mol. The Bertz CT molecular complexity index is 1760. The van der Waals surface area contributed by atoms with Gasteiger partial charge in [-0.2, -0.15) is 0 Å². The molecule has 6 rings (SSSR count). The molecule has 1 N–H and O–H groups in total. The van der Waals surface area contributed by atoms with E-state index in [0.717, 1.165) is 35.2 Å². The number of nitrogens with zero attached hydrogens (tertiary/aromatic N) is 1. The average Bonchev–Trinajstić information content (AvgIpc) is 2.98. The molecule has 2 aliphatic rings. The van der Waals surface area contributed by atoms with Crippen molar-refractivity contribution in [1.29, 1.82) is 0 Å². The number of rotatable bonds is 5. The Balaban J connectivity index is 1.30. The molecule has 1 amide bonds. The number of ketones is 1. The molecule has 0 radical (unpaired) electrons. The molecule has 7 heteroatoms. The second kappa shape index (κ2) is 10.9. The van der Waals surface area contributed by atoms with Crippen molar-refractivity contribution < 1.29 is 23.9 Å². The molecule has 0 spiro atoms. The van der Waals surface area contributed by atoms with Gasteiger partial charge in [-0.15, -0.1) is 0 Å². The van der Waals surface area contributed by atoms with Crippen molar-refractivity contribution in [2.45, 2.75) is 45.4 Å². The number of ether oxygens (including phenoxy) is 2. The average molecular weight is 561 g/mol. The van der Waals surface area contributed by atoms with Gasteiger partial charge in [0.25, 0.3) is 5.91 Å². The van der Waals surface area contributed by atoms with Crippen molar-refractivity contribution in [3.05, 3.63) is 100 Å². The summed E-state index contributed by atoms with van der Waals surface area (Å²) in [5, 5.41) is 3.40. The number of esters is 1. The number of carbonyl (C=O) groups is 3. The number of carbonyl (C=O) groups excluding carboxylic acids is 3. The van der Waals surface area contributed by atoms with E-state index < -0.39 is 12.6 Å². The summed E-state index contributed by atoms with van der Waals surface area (Å²) in [4.78, 5) is 43.3. The summed E-state index contributed by atoms with van der Waals surface area (Å²) in [5.41, 5.74) is 7.07. The molecule has 0 unspecified atom stereocenters. The van der Waals surface area contributed by atoms with Crippen molar-refractivity contribution in [2.75, 3.05) is 18.5 Å². The maximum Gasteiger partial charge on any atom is 0.339 e. The van der Waals surface area contributed by atoms with Gasteiger partial charge in [0.05, 0.1) is 22.5 Å². The lowest BCUT2D eigenvalue weighted by Crippen LogP contribution is -2.25. The van der Waals surface area contributed by atoms with Crippen LogP contribution in [-0.2, 0) is 21.4 Å². The number of hydrogen-bond donors (Lipinski definition) is 1. The number of benzene rings is 3. The topological polar surface area (TPSA) is 94.6 Å². The number of aromatic nitrogens is 1. The van der Waals surface area contributed by atoms with Gasteiger partial charge in [-0.05, 0) is 77.3 Å². The number of Topliss-reactive ketones (excluding diaryl/α,β-unsaturated/α-hetero) is 1. The van der Waals surface area contributed by atoms with Gasteiger partial charge in [0.1, 0.15) is 5.75 Å². The molecule has 1 aromatic heterocycles. The lowest BCUT2D eigenvalue weighted by molar-refractivity contribution is -0.118. The summed E-state index contributed by atoms with van der Waals surface area (Å²) in [6.45, 7) is 6.09. The summed E-state index contributed by atoms with van der Waals surface area (Å²) < 4.78 is 11.0. The van der Waals surface area contributed by atoms with E-state index in [1.54, 1.807) is 12.1 Å². The summed E-state index contributed by atoms with van der Waals surface area (Å²) in [6, 6.07) is 20.9. The molecule has 0 saturated heterocycles. The largest absolute Gasteiger partial charge is 0.482 e. The number of nitrogens with one attached hydrogen (secondary N) is 1. The third-order valence-electron chi connectivity index (χ3n) is 7.76. The molecule has 0 atom stereocenters. The van der Waals surface area contributed by atoms with Crippen molar-refractivity contribution in [1.82, 2.24) is 4.98 Å². The summed E-state index contributed by atoms with van der Waals surface area (Å²) >= 11 is 0. The Kier molecular flexibility index (Phi) is 7.11. The van der Waals surface area contributed by atoms with Gasteiger partial charge in [0, 0.05) is 10.9 Å². The van der Waals surface area contributed by atoms with E-state index in [9.17, 15) is 14.4 Å². The van der Waals surface area contributed by atoms with Gasteiger partial charge in [-0.1, -0.05) is 63.2 Å². The first kappa shape index (κ1) is 27.4. The third-order valence-corrected chi connectivity index (χ3v) is 7.76. The fraction of sp³-hybridized carbons (Fsp3) is 0.257. The van der Waals surface area contributed by atoms with Gasteiger partial charge >= 0.3 is 5.97 Å². The molecule has 1 aliphatic heterocycles. The van der Waals surface area contributed by atoms with E-state index >= 15 is 0 Å². The van der Waals surface area contributed by atoms with Crippen LogP contribution in [0.25, 0.3) is 22.6 Å². The number of hydrogen-bond acceptors (Lipinski definition) is 6. The highest BCUT2D eigenvalue weighted by Crippen LogP contribution is 2.37. The fourth-order valence-corrected chi connectivity index (χ4v) is 5.53. The van der Waals surface area contributed by atoms with Crippen LogP contribution < -0.4 is 10.1 Å². The van der Waals surface area contributed by atoms with Crippen molar-refractivity contribution >= 4 is 45.9 Å². The molecule has 1 aliphatic carbocycles. The van der Waals surface area contributed by atoms with Crippen LogP contribution in [0, 0.1) is 0 Å². The standard InChI is InChI=1S/C35H32N2O5/c1-35(2,3)24-14-11-21(12-15-24)17-23-7-6-9-26-32(25-8-4-5-10-27(25)37-33(23)26)34(40)42-19-29(38)22-13-16-30-28(18-22)36-31(39)20-41-30/h4-5,8,10-18H,6-7,9,19-20H2,1-3H3,(H,36,39). The van der Waals surface area contributed by atoms with E-state index in [4.69, 9.17) is 14.5 Å². The van der Waals surface area contributed by atoms with Crippen LogP contribution in [0.5, 0.6) is 5.75 Å². The summed E-state index contributed by atoms with van der Waals surface area (Å²) in [5.74, 6) is -0.726. The van der Waals surface area contributed by atoms with E-state index in [1.165, 1.54) is 11.6 Å². The third kappa shape index (κ3) is 5.42. The van der Waals surface area contributed by atoms with Crippen LogP contribution in [-0.4, -0.2) is 35.9 Å². The highest BCUT2D eigenvalue weighted by atomic mass is 16.5. The van der Waals surface area contributed by atoms with Crippen LogP contribution in [0.1, 0.15) is 76.7 Å². The molecule has 42 heavy (non-hydrogen) atoms. The highest BCUT2D eigenvalue weighted by molar-refractivity contribution is 6.08. The van der Waals surface area contributed by atoms with E-state index in [2.05, 4.69) is 56.4 Å². The van der Waals surface area contributed by atoms with Gasteiger partial charge in [-0.25, -0.2) is 9.78 Å². The van der Waals surface area contributed by atoms with Crippen molar-refractivity contribution in [3.63, 3.8) is 0 Å². The zero-order valence-electron chi connectivity index (χ0n) is 24.0. The lowest BCUT2D eigenvalue weighted by atomic mass is 9.85. The Morgan fingerprint density at radius 3 is 2.60 bits per heavy atom. The molecular formula is C35H32N2O5. The highest BCUT2D eigenvalue weighted by Gasteiger charge is 2.27. The van der Waals surface area contributed by atoms with E-state index in [1.807, 2.05) is 24.3 Å². The van der Waals surface area contributed by atoms with Crippen LogP contribution in [0.15, 0.2) is 66.7 Å². The molecule has 0 bridgehead atoms. The maximum absolute atomic E-state index is 13.6. The number of anilines is 1. The molecule has 3 aromatic carbocycles. The van der Waals surface area contributed by atoms with E-state index in [0.29, 0.717) is 39.9 Å². The number of para-hydroxylation sites is 1. The fourth-order valence-electron chi connectivity index (χ4n) is 5.53. The van der Waals surface area contributed by atoms with Crippen LogP contribution >= 0.6 is 0 Å². The minimum absolute atomic E-state index is 0.0670. The SMILES string of the molecule is CC(C)(C)c1ccc(C=C2CCCc3c2nc2ccccc2c3C(=O)OCC(=O)c2ccc3c(c2)NC(=O)CO3)cc1. The zero-order chi connectivity index (χ0) is 29.4. The minimum atomic E-state index is -0.552. The first-order valence-corrected chi connectivity index (χ1v) is 14.2. The van der Waals surface area contributed by atoms with Gasteiger partial charge < -0.3 is 14.8 Å². The number of fused-ring (bicyclic) bond motifs is 3. The maximum atomic E-state index is 13.6. The second-order valence-corrected chi connectivity index (χ2v) is 11.8. The first-order chi connectivity index (χ1) is 20.2. The molecule has 0 fully saturated rings. The Morgan fingerprint density at radius 2 is 1.81 bits per heavy atom. The van der Waals surface area contributed by atoms with Gasteiger partial charge in [0.2, 0.25) is 0 Å². The van der Waals surface area contributed by atoms with Crippen LogP contribution in [0.3, 0.4) is 0 Å². The zero-order valence-corrected chi connectivity index (χ0v) is 24.0. The van der Waals surface area contributed by atoms with Crippen LogP contribution in [0.2, 0.25) is 0 Å². The van der Waals surface area contributed by atoms with Gasteiger partial charge in [0.15, 0.2) is 19.0 Å². The summed E-state index contributed by atoms with van der Waals surface area (Å²) in [7, 11) is 0. The molecule has 212 valence electrons. The molecule has 7 nitrogen and oxygen atoms in total. The van der Waals surface area contributed by atoms with Crippen molar-refractivity contribution in [2.24, 2.45) is 0 Å². The quantitative estimate of drug-likeness (QED) is 0.214. The number of pyridine rings is 1. The first-order valence-electron chi connectivity index (χ1n) is 14.2. The molecule has 2 heterocycles. The Morgan fingerprint density at radius 1 is 1.02 bits per heavy atom. The minimum Gasteiger partial charge on any atom is -0.482 e. The predicted octanol–water partition coefficient (Wildman–Crippen LogP) is 6.78.